The van der Waals surface area contributed by atoms with Gasteiger partial charge in [-0.25, -0.2) is 4.79 Å². The van der Waals surface area contributed by atoms with E-state index in [0.717, 1.165) is 19.3 Å². The second-order valence-corrected chi connectivity index (χ2v) is 4.64. The molecule has 1 aliphatic carbocycles. The Balaban J connectivity index is 2.23. The number of carboxylic acid groups (broad SMARTS) is 1. The van der Waals surface area contributed by atoms with Crippen LogP contribution in [0.3, 0.4) is 0 Å². The van der Waals surface area contributed by atoms with E-state index in [1.165, 1.54) is 0 Å². The minimum Gasteiger partial charge on any atom is -0.479 e. The first-order valence-corrected chi connectivity index (χ1v) is 5.92. The van der Waals surface area contributed by atoms with Crippen LogP contribution in [0.15, 0.2) is 18.5 Å². The molecule has 1 aromatic heterocycles. The summed E-state index contributed by atoms with van der Waals surface area (Å²) in [7, 11) is 0. The summed E-state index contributed by atoms with van der Waals surface area (Å²) < 4.78 is 1.63. The van der Waals surface area contributed by atoms with Gasteiger partial charge in [0.05, 0.1) is 0 Å². The highest BCUT2D eigenvalue weighted by Crippen LogP contribution is 2.38. The second kappa shape index (κ2) is 4.28. The average molecular weight is 222 g/mol. The monoisotopic (exact) mass is 222 g/mol. The molecule has 88 valence electrons. The molecule has 4 nitrogen and oxygen atoms in total. The first-order valence-electron chi connectivity index (χ1n) is 5.92. The standard InChI is InChI=1S/C12H18N2O2/c1-2-10-4-6-12(7-5-10,11(15)16)14-9-3-8-13-14/h3,8-10H,2,4-7H2,1H3,(H,15,16). The SMILES string of the molecule is CCC1CCC(C(=O)O)(n2cccn2)CC1. The van der Waals surface area contributed by atoms with Gasteiger partial charge in [0.15, 0.2) is 5.54 Å². The van der Waals surface area contributed by atoms with Crippen molar-refractivity contribution in [2.45, 2.75) is 44.6 Å². The van der Waals surface area contributed by atoms with Crippen molar-refractivity contribution in [3.63, 3.8) is 0 Å². The normalized spacial score (nSPS) is 30.2. The molecule has 1 fully saturated rings. The van der Waals surface area contributed by atoms with Crippen LogP contribution in [0.1, 0.15) is 39.0 Å². The van der Waals surface area contributed by atoms with Crippen molar-refractivity contribution in [2.24, 2.45) is 5.92 Å². The summed E-state index contributed by atoms with van der Waals surface area (Å²) in [6.07, 6.45) is 7.93. The molecule has 0 spiro atoms. The molecule has 0 bridgehead atoms. The largest absolute Gasteiger partial charge is 0.479 e. The van der Waals surface area contributed by atoms with Gasteiger partial charge in [0.1, 0.15) is 0 Å². The summed E-state index contributed by atoms with van der Waals surface area (Å²) in [5.74, 6) is -0.0613. The van der Waals surface area contributed by atoms with Crippen LogP contribution in [0.5, 0.6) is 0 Å². The molecule has 0 aromatic carbocycles. The Morgan fingerprint density at radius 2 is 2.25 bits per heavy atom. The minimum atomic E-state index is -0.796. The predicted octanol–water partition coefficient (Wildman–Crippen LogP) is 2.26. The minimum absolute atomic E-state index is 0.683. The van der Waals surface area contributed by atoms with Gasteiger partial charge in [-0.1, -0.05) is 13.3 Å². The maximum Gasteiger partial charge on any atom is 0.331 e. The van der Waals surface area contributed by atoms with Crippen LogP contribution in [0.2, 0.25) is 0 Å². The highest BCUT2D eigenvalue weighted by Gasteiger charge is 2.43. The maximum absolute atomic E-state index is 11.5. The molecule has 0 aliphatic heterocycles. The van der Waals surface area contributed by atoms with E-state index in [0.29, 0.717) is 18.8 Å². The molecular formula is C12H18N2O2. The molecule has 1 heterocycles. The molecule has 1 saturated carbocycles. The number of hydrogen-bond donors (Lipinski definition) is 1. The van der Waals surface area contributed by atoms with Crippen molar-refractivity contribution in [3.05, 3.63) is 18.5 Å². The molecule has 1 aromatic rings. The lowest BCUT2D eigenvalue weighted by Crippen LogP contribution is -2.45. The molecule has 0 saturated heterocycles. The van der Waals surface area contributed by atoms with Gasteiger partial charge in [0.25, 0.3) is 0 Å². The summed E-state index contributed by atoms with van der Waals surface area (Å²) in [6, 6.07) is 1.79. The van der Waals surface area contributed by atoms with Gasteiger partial charge in [-0.05, 0) is 37.7 Å². The van der Waals surface area contributed by atoms with Gasteiger partial charge >= 0.3 is 5.97 Å². The van der Waals surface area contributed by atoms with Crippen LogP contribution in [-0.2, 0) is 10.3 Å². The lowest BCUT2D eigenvalue weighted by molar-refractivity contribution is -0.150. The fourth-order valence-electron chi connectivity index (χ4n) is 2.63. The van der Waals surface area contributed by atoms with Crippen LogP contribution in [0.25, 0.3) is 0 Å². The lowest BCUT2D eigenvalue weighted by atomic mass is 9.75. The zero-order chi connectivity index (χ0) is 11.6. The topological polar surface area (TPSA) is 55.1 Å². The Kier molecular flexibility index (Phi) is 2.99. The quantitative estimate of drug-likeness (QED) is 0.853. The number of carbonyl (C=O) groups is 1. The van der Waals surface area contributed by atoms with Crippen molar-refractivity contribution in [3.8, 4) is 0 Å². The zero-order valence-corrected chi connectivity index (χ0v) is 9.59. The third-order valence-corrected chi connectivity index (χ3v) is 3.85. The molecule has 0 amide bonds. The number of hydrogen-bond acceptors (Lipinski definition) is 2. The van der Waals surface area contributed by atoms with Crippen molar-refractivity contribution < 1.29 is 9.90 Å². The number of aromatic nitrogens is 2. The van der Waals surface area contributed by atoms with E-state index in [-0.39, 0.29) is 0 Å². The Bertz CT molecular complexity index is 351. The predicted molar refractivity (Wildman–Crippen MR) is 60.1 cm³/mol. The Morgan fingerprint density at radius 1 is 1.56 bits per heavy atom. The van der Waals surface area contributed by atoms with E-state index >= 15 is 0 Å². The molecule has 0 radical (unpaired) electrons. The molecule has 0 atom stereocenters. The average Bonchev–Trinajstić information content (AvgIpc) is 2.82. The van der Waals surface area contributed by atoms with Crippen molar-refractivity contribution >= 4 is 5.97 Å². The van der Waals surface area contributed by atoms with E-state index in [9.17, 15) is 9.90 Å². The number of nitrogens with zero attached hydrogens (tertiary/aromatic N) is 2. The van der Waals surface area contributed by atoms with Gasteiger partial charge < -0.3 is 5.11 Å². The smallest absolute Gasteiger partial charge is 0.331 e. The Hall–Kier alpha value is -1.32. The summed E-state index contributed by atoms with van der Waals surface area (Å²) >= 11 is 0. The van der Waals surface area contributed by atoms with Crippen LogP contribution in [-0.4, -0.2) is 20.9 Å². The molecule has 4 heteroatoms. The number of aliphatic carboxylic acids is 1. The summed E-state index contributed by atoms with van der Waals surface area (Å²) in [6.45, 7) is 2.17. The third-order valence-electron chi connectivity index (χ3n) is 3.85. The first-order chi connectivity index (χ1) is 7.69. The summed E-state index contributed by atoms with van der Waals surface area (Å²) in [4.78, 5) is 11.5. The van der Waals surface area contributed by atoms with Crippen LogP contribution in [0, 0.1) is 5.92 Å². The molecule has 0 unspecified atom stereocenters. The van der Waals surface area contributed by atoms with Gasteiger partial charge in [0, 0.05) is 12.4 Å². The lowest BCUT2D eigenvalue weighted by Gasteiger charge is -2.36. The van der Waals surface area contributed by atoms with Crippen molar-refractivity contribution in [2.75, 3.05) is 0 Å². The van der Waals surface area contributed by atoms with E-state index in [1.54, 1.807) is 23.1 Å². The first kappa shape index (κ1) is 11.2. The zero-order valence-electron chi connectivity index (χ0n) is 9.59. The number of rotatable bonds is 3. The van der Waals surface area contributed by atoms with Gasteiger partial charge in [-0.3, -0.25) is 4.68 Å². The van der Waals surface area contributed by atoms with E-state index in [2.05, 4.69) is 12.0 Å². The molecule has 1 N–H and O–H groups in total. The summed E-state index contributed by atoms with van der Waals surface area (Å²) in [5.41, 5.74) is -0.796. The van der Waals surface area contributed by atoms with Crippen LogP contribution >= 0.6 is 0 Å². The van der Waals surface area contributed by atoms with Crippen molar-refractivity contribution in [1.82, 2.24) is 9.78 Å². The number of carboxylic acids is 1. The Morgan fingerprint density at radius 3 is 2.69 bits per heavy atom. The van der Waals surface area contributed by atoms with Crippen LogP contribution < -0.4 is 0 Å². The van der Waals surface area contributed by atoms with Crippen LogP contribution in [0.4, 0.5) is 0 Å². The Labute approximate surface area is 95.3 Å². The van der Waals surface area contributed by atoms with Gasteiger partial charge in [-0.15, -0.1) is 0 Å². The molecular weight excluding hydrogens is 204 g/mol. The van der Waals surface area contributed by atoms with Crippen molar-refractivity contribution in [1.29, 1.82) is 0 Å². The van der Waals surface area contributed by atoms with E-state index < -0.39 is 11.5 Å². The fraction of sp³-hybridized carbons (Fsp3) is 0.667. The third kappa shape index (κ3) is 1.72. The second-order valence-electron chi connectivity index (χ2n) is 4.64. The fourth-order valence-corrected chi connectivity index (χ4v) is 2.63. The molecule has 16 heavy (non-hydrogen) atoms. The summed E-state index contributed by atoms with van der Waals surface area (Å²) in [5, 5.41) is 13.6. The molecule has 1 aliphatic rings. The van der Waals surface area contributed by atoms with Gasteiger partial charge in [-0.2, -0.15) is 5.10 Å². The van der Waals surface area contributed by atoms with E-state index in [1.807, 2.05) is 0 Å². The molecule has 2 rings (SSSR count). The maximum atomic E-state index is 11.5. The highest BCUT2D eigenvalue weighted by atomic mass is 16.4. The van der Waals surface area contributed by atoms with E-state index in [4.69, 9.17) is 0 Å². The highest BCUT2D eigenvalue weighted by molar-refractivity contribution is 5.76. The van der Waals surface area contributed by atoms with Gasteiger partial charge in [0.2, 0.25) is 0 Å².